The molecule has 76 valence electrons. The highest BCUT2D eigenvalue weighted by molar-refractivity contribution is 7.86. The van der Waals surface area contributed by atoms with E-state index in [2.05, 4.69) is 4.18 Å². The molecule has 0 radical (unpaired) electrons. The van der Waals surface area contributed by atoms with Gasteiger partial charge in [-0.2, -0.15) is 8.42 Å². The maximum atomic E-state index is 10.7. The summed E-state index contributed by atoms with van der Waals surface area (Å²) in [7, 11) is -3.78. The van der Waals surface area contributed by atoms with Crippen LogP contribution in [0.5, 0.6) is 0 Å². The third-order valence-electron chi connectivity index (χ3n) is 1.23. The Morgan fingerprint density at radius 2 is 2.00 bits per heavy atom. The molecule has 0 spiro atoms. The SMILES string of the molecule is CC=CC(C)(OS(C)(=O)=O)C(=O)O. The van der Waals surface area contributed by atoms with Gasteiger partial charge < -0.3 is 5.11 Å². The van der Waals surface area contributed by atoms with Crippen molar-refractivity contribution >= 4 is 16.1 Å². The Bertz CT molecular complexity index is 316. The number of hydrogen-bond acceptors (Lipinski definition) is 4. The topological polar surface area (TPSA) is 80.7 Å². The first-order valence-electron chi connectivity index (χ1n) is 3.49. The van der Waals surface area contributed by atoms with Gasteiger partial charge in [-0.1, -0.05) is 6.08 Å². The smallest absolute Gasteiger partial charge is 0.341 e. The van der Waals surface area contributed by atoms with Crippen molar-refractivity contribution in [1.29, 1.82) is 0 Å². The Labute approximate surface area is 77.1 Å². The minimum atomic E-state index is -3.78. The number of aliphatic carboxylic acids is 1. The van der Waals surface area contributed by atoms with E-state index < -0.39 is 21.7 Å². The van der Waals surface area contributed by atoms with E-state index >= 15 is 0 Å². The first kappa shape index (κ1) is 12.1. The van der Waals surface area contributed by atoms with Crippen LogP contribution in [0.15, 0.2) is 12.2 Å². The van der Waals surface area contributed by atoms with Crippen LogP contribution in [0.25, 0.3) is 0 Å². The van der Waals surface area contributed by atoms with Crippen LogP contribution >= 0.6 is 0 Å². The lowest BCUT2D eigenvalue weighted by molar-refractivity contribution is -0.149. The van der Waals surface area contributed by atoms with E-state index in [4.69, 9.17) is 5.11 Å². The second-order valence-electron chi connectivity index (χ2n) is 2.70. The third kappa shape index (κ3) is 4.05. The Morgan fingerprint density at radius 3 is 2.23 bits per heavy atom. The van der Waals surface area contributed by atoms with Crippen molar-refractivity contribution in [2.24, 2.45) is 0 Å². The van der Waals surface area contributed by atoms with Gasteiger partial charge in [0.25, 0.3) is 10.1 Å². The van der Waals surface area contributed by atoms with Crippen molar-refractivity contribution in [2.75, 3.05) is 6.26 Å². The molecule has 1 atom stereocenters. The van der Waals surface area contributed by atoms with Crippen LogP contribution in [0.1, 0.15) is 13.8 Å². The molecular formula is C7H12O5S. The molecule has 0 aromatic rings. The fourth-order valence-corrected chi connectivity index (χ4v) is 1.52. The summed E-state index contributed by atoms with van der Waals surface area (Å²) in [6.45, 7) is 2.74. The largest absolute Gasteiger partial charge is 0.479 e. The second kappa shape index (κ2) is 3.89. The molecular weight excluding hydrogens is 196 g/mol. The van der Waals surface area contributed by atoms with Gasteiger partial charge in [-0.25, -0.2) is 8.98 Å². The van der Waals surface area contributed by atoms with Crippen molar-refractivity contribution < 1.29 is 22.5 Å². The summed E-state index contributed by atoms with van der Waals surface area (Å²) in [5.41, 5.74) is -1.82. The highest BCUT2D eigenvalue weighted by Gasteiger charge is 2.35. The van der Waals surface area contributed by atoms with Gasteiger partial charge in [0.05, 0.1) is 6.26 Å². The van der Waals surface area contributed by atoms with E-state index in [0.29, 0.717) is 0 Å². The molecule has 0 amide bonds. The van der Waals surface area contributed by atoms with Gasteiger partial charge in [-0.05, 0) is 19.9 Å². The average molecular weight is 208 g/mol. The highest BCUT2D eigenvalue weighted by atomic mass is 32.2. The molecule has 1 unspecified atom stereocenters. The molecule has 0 fully saturated rings. The molecule has 0 aromatic heterocycles. The van der Waals surface area contributed by atoms with Crippen LogP contribution < -0.4 is 0 Å². The molecule has 0 rings (SSSR count). The summed E-state index contributed by atoms with van der Waals surface area (Å²) < 4.78 is 25.8. The van der Waals surface area contributed by atoms with Gasteiger partial charge in [-0.3, -0.25) is 0 Å². The maximum absolute atomic E-state index is 10.7. The summed E-state index contributed by atoms with van der Waals surface area (Å²) >= 11 is 0. The minimum Gasteiger partial charge on any atom is -0.479 e. The van der Waals surface area contributed by atoms with Crippen molar-refractivity contribution in [3.63, 3.8) is 0 Å². The zero-order valence-corrected chi connectivity index (χ0v) is 8.46. The lowest BCUT2D eigenvalue weighted by Crippen LogP contribution is -2.38. The molecule has 0 bridgehead atoms. The Kier molecular flexibility index (Phi) is 3.62. The standard InChI is InChI=1S/C7H12O5S/c1-4-5-7(2,6(8)9)12-13(3,10)11/h4-5H,1-3H3,(H,8,9). The molecule has 0 aromatic carbocycles. The number of carbonyl (C=O) groups is 1. The molecule has 0 saturated heterocycles. The third-order valence-corrected chi connectivity index (χ3v) is 1.88. The molecule has 0 heterocycles. The number of rotatable bonds is 4. The fraction of sp³-hybridized carbons (Fsp3) is 0.571. The van der Waals surface area contributed by atoms with Gasteiger partial charge in [-0.15, -0.1) is 0 Å². The Hall–Kier alpha value is -0.880. The van der Waals surface area contributed by atoms with Crippen LogP contribution in [0, 0.1) is 0 Å². The van der Waals surface area contributed by atoms with Crippen molar-refractivity contribution in [3.8, 4) is 0 Å². The Balaban J connectivity index is 4.94. The van der Waals surface area contributed by atoms with Crippen LogP contribution in [-0.2, 0) is 19.1 Å². The zero-order chi connectivity index (χ0) is 10.7. The second-order valence-corrected chi connectivity index (χ2v) is 4.27. The van der Waals surface area contributed by atoms with Crippen LogP contribution in [0.2, 0.25) is 0 Å². The molecule has 0 aliphatic heterocycles. The summed E-state index contributed by atoms with van der Waals surface area (Å²) in [5, 5.41) is 8.69. The van der Waals surface area contributed by atoms with Crippen LogP contribution in [-0.4, -0.2) is 31.4 Å². The molecule has 0 aliphatic carbocycles. The highest BCUT2D eigenvalue weighted by Crippen LogP contribution is 2.15. The van der Waals surface area contributed by atoms with E-state index in [-0.39, 0.29) is 0 Å². The monoisotopic (exact) mass is 208 g/mol. The molecule has 5 nitrogen and oxygen atoms in total. The normalized spacial score (nSPS) is 17.2. The predicted octanol–water partition coefficient (Wildman–Crippen LogP) is 0.382. The van der Waals surface area contributed by atoms with Crippen molar-refractivity contribution in [1.82, 2.24) is 0 Å². The quantitative estimate of drug-likeness (QED) is 0.533. The van der Waals surface area contributed by atoms with E-state index in [1.165, 1.54) is 6.08 Å². The van der Waals surface area contributed by atoms with E-state index in [9.17, 15) is 13.2 Å². The van der Waals surface area contributed by atoms with Crippen LogP contribution in [0.3, 0.4) is 0 Å². The molecule has 0 saturated carbocycles. The Morgan fingerprint density at radius 1 is 1.54 bits per heavy atom. The van der Waals surface area contributed by atoms with E-state index in [1.54, 1.807) is 6.92 Å². The fourth-order valence-electron chi connectivity index (χ4n) is 0.767. The summed E-state index contributed by atoms with van der Waals surface area (Å²) in [5.74, 6) is -1.35. The number of hydrogen-bond donors (Lipinski definition) is 1. The minimum absolute atomic E-state index is 0.803. The lowest BCUT2D eigenvalue weighted by atomic mass is 10.1. The molecule has 13 heavy (non-hydrogen) atoms. The van der Waals surface area contributed by atoms with Gasteiger partial charge in [0.15, 0.2) is 5.60 Å². The van der Waals surface area contributed by atoms with E-state index in [0.717, 1.165) is 19.3 Å². The molecule has 0 aliphatic rings. The molecule has 6 heteroatoms. The lowest BCUT2D eigenvalue weighted by Gasteiger charge is -2.18. The number of carboxylic acid groups (broad SMARTS) is 1. The number of carboxylic acids is 1. The summed E-state index contributed by atoms with van der Waals surface area (Å²) in [6, 6.07) is 0. The van der Waals surface area contributed by atoms with Crippen molar-refractivity contribution in [2.45, 2.75) is 19.4 Å². The van der Waals surface area contributed by atoms with Gasteiger partial charge in [0.1, 0.15) is 0 Å². The van der Waals surface area contributed by atoms with Gasteiger partial charge in [0.2, 0.25) is 0 Å². The van der Waals surface area contributed by atoms with Gasteiger partial charge >= 0.3 is 5.97 Å². The van der Waals surface area contributed by atoms with Crippen LogP contribution in [0.4, 0.5) is 0 Å². The number of allylic oxidation sites excluding steroid dienone is 1. The first-order valence-corrected chi connectivity index (χ1v) is 5.31. The van der Waals surface area contributed by atoms with Crippen molar-refractivity contribution in [3.05, 3.63) is 12.2 Å². The van der Waals surface area contributed by atoms with E-state index in [1.807, 2.05) is 0 Å². The predicted molar refractivity (Wildman–Crippen MR) is 46.8 cm³/mol. The average Bonchev–Trinajstić information content (AvgIpc) is 1.82. The maximum Gasteiger partial charge on any atom is 0.341 e. The summed E-state index contributed by atoms with van der Waals surface area (Å²) in [4.78, 5) is 10.6. The van der Waals surface area contributed by atoms with Gasteiger partial charge in [0, 0.05) is 0 Å². The first-order chi connectivity index (χ1) is 5.71. The zero-order valence-electron chi connectivity index (χ0n) is 7.64. The molecule has 1 N–H and O–H groups in total. The summed E-state index contributed by atoms with van der Waals surface area (Å²) in [6.07, 6.45) is 3.38.